The van der Waals surface area contributed by atoms with Crippen molar-refractivity contribution in [2.24, 2.45) is 5.92 Å². The van der Waals surface area contributed by atoms with Gasteiger partial charge in [0.25, 0.3) is 0 Å². The van der Waals surface area contributed by atoms with Crippen molar-refractivity contribution in [1.82, 2.24) is 4.90 Å². The Hall–Kier alpha value is -0.830. The quantitative estimate of drug-likeness (QED) is 0.427. The monoisotopic (exact) mass is 169 g/mol. The van der Waals surface area contributed by atoms with Gasteiger partial charge in [0.15, 0.2) is 0 Å². The molecule has 0 aromatic heterocycles. The Morgan fingerprint density at radius 1 is 1.67 bits per heavy atom. The first-order valence-corrected chi connectivity index (χ1v) is 4.17. The van der Waals surface area contributed by atoms with E-state index in [1.54, 1.807) is 0 Å². The molecule has 0 amide bonds. The highest BCUT2D eigenvalue weighted by Crippen LogP contribution is 2.09. The van der Waals surface area contributed by atoms with Crippen molar-refractivity contribution >= 4 is 5.97 Å². The van der Waals surface area contributed by atoms with E-state index >= 15 is 0 Å². The van der Waals surface area contributed by atoms with E-state index in [9.17, 15) is 4.79 Å². The molecule has 1 aliphatic rings. The molecule has 0 saturated carbocycles. The van der Waals surface area contributed by atoms with Gasteiger partial charge in [0.2, 0.25) is 0 Å². The molecule has 0 bridgehead atoms. The van der Waals surface area contributed by atoms with E-state index in [1.807, 2.05) is 19.2 Å². The molecule has 0 aromatic carbocycles. The Kier molecular flexibility index (Phi) is 3.29. The van der Waals surface area contributed by atoms with E-state index in [2.05, 4.69) is 9.64 Å². The van der Waals surface area contributed by atoms with Gasteiger partial charge in [-0.2, -0.15) is 0 Å². The Balaban J connectivity index is 2.56. The minimum atomic E-state index is -0.139. The number of esters is 1. The lowest BCUT2D eigenvalue weighted by Crippen LogP contribution is -2.29. The number of nitrogens with zero attached hydrogens (tertiary/aromatic N) is 1. The predicted molar refractivity (Wildman–Crippen MR) is 46.8 cm³/mol. The second kappa shape index (κ2) is 4.26. The lowest BCUT2D eigenvalue weighted by molar-refractivity contribution is -0.144. The molecule has 1 unspecified atom stereocenters. The summed E-state index contributed by atoms with van der Waals surface area (Å²) in [5, 5.41) is 0. The Bertz CT molecular complexity index is 189. The first kappa shape index (κ1) is 9.26. The fourth-order valence-corrected chi connectivity index (χ4v) is 1.35. The van der Waals surface area contributed by atoms with Gasteiger partial charge in [0.05, 0.1) is 13.0 Å². The van der Waals surface area contributed by atoms with Gasteiger partial charge in [-0.05, 0) is 13.5 Å². The lowest BCUT2D eigenvalue weighted by atomic mass is 10.1. The molecule has 1 atom stereocenters. The zero-order chi connectivity index (χ0) is 8.97. The normalized spacial score (nSPS) is 25.0. The SMILES string of the molecule is COC(=O)C1C=CCCN(C)C1. The van der Waals surface area contributed by atoms with E-state index in [0.29, 0.717) is 0 Å². The van der Waals surface area contributed by atoms with E-state index in [4.69, 9.17) is 0 Å². The fourth-order valence-electron chi connectivity index (χ4n) is 1.35. The summed E-state index contributed by atoms with van der Waals surface area (Å²) in [6, 6.07) is 0. The van der Waals surface area contributed by atoms with Crippen molar-refractivity contribution in [1.29, 1.82) is 0 Å². The molecule has 0 N–H and O–H groups in total. The Labute approximate surface area is 73.0 Å². The fraction of sp³-hybridized carbons (Fsp3) is 0.667. The third-order valence-electron chi connectivity index (χ3n) is 2.06. The summed E-state index contributed by atoms with van der Waals surface area (Å²) >= 11 is 0. The van der Waals surface area contributed by atoms with Crippen LogP contribution < -0.4 is 0 Å². The van der Waals surface area contributed by atoms with Crippen molar-refractivity contribution in [3.05, 3.63) is 12.2 Å². The molecule has 1 rings (SSSR count). The zero-order valence-electron chi connectivity index (χ0n) is 7.62. The molecule has 0 spiro atoms. The zero-order valence-corrected chi connectivity index (χ0v) is 7.62. The van der Waals surface area contributed by atoms with Crippen LogP contribution in [0.2, 0.25) is 0 Å². The van der Waals surface area contributed by atoms with Gasteiger partial charge in [-0.3, -0.25) is 4.79 Å². The molecule has 0 saturated heterocycles. The third kappa shape index (κ3) is 2.34. The van der Waals surface area contributed by atoms with E-state index in [1.165, 1.54) is 7.11 Å². The predicted octanol–water partition coefficient (Wildman–Crippen LogP) is 0.667. The highest BCUT2D eigenvalue weighted by atomic mass is 16.5. The molecular weight excluding hydrogens is 154 g/mol. The second-order valence-corrected chi connectivity index (χ2v) is 3.11. The van der Waals surface area contributed by atoms with Crippen LogP contribution in [0, 0.1) is 5.92 Å². The minimum absolute atomic E-state index is 0.0810. The van der Waals surface area contributed by atoms with Crippen LogP contribution in [0.4, 0.5) is 0 Å². The summed E-state index contributed by atoms with van der Waals surface area (Å²) < 4.78 is 4.68. The average molecular weight is 169 g/mol. The maximum Gasteiger partial charge on any atom is 0.313 e. The highest BCUT2D eigenvalue weighted by molar-refractivity contribution is 5.74. The molecule has 0 aromatic rings. The Morgan fingerprint density at radius 3 is 3.08 bits per heavy atom. The van der Waals surface area contributed by atoms with Crippen LogP contribution in [0.1, 0.15) is 6.42 Å². The third-order valence-corrected chi connectivity index (χ3v) is 2.06. The number of hydrogen-bond acceptors (Lipinski definition) is 3. The van der Waals surface area contributed by atoms with Gasteiger partial charge in [0.1, 0.15) is 0 Å². The van der Waals surface area contributed by atoms with Crippen LogP contribution in [-0.4, -0.2) is 38.1 Å². The smallest absolute Gasteiger partial charge is 0.313 e. The van der Waals surface area contributed by atoms with Gasteiger partial charge in [-0.1, -0.05) is 12.2 Å². The van der Waals surface area contributed by atoms with E-state index in [0.717, 1.165) is 19.5 Å². The summed E-state index contributed by atoms with van der Waals surface area (Å²) in [6.07, 6.45) is 5.00. The topological polar surface area (TPSA) is 29.5 Å². The van der Waals surface area contributed by atoms with Crippen LogP contribution in [0.15, 0.2) is 12.2 Å². The summed E-state index contributed by atoms with van der Waals surface area (Å²) in [7, 11) is 3.45. The van der Waals surface area contributed by atoms with E-state index < -0.39 is 0 Å². The first-order valence-electron chi connectivity index (χ1n) is 4.17. The molecule has 68 valence electrons. The number of hydrogen-bond donors (Lipinski definition) is 0. The maximum absolute atomic E-state index is 11.2. The van der Waals surface area contributed by atoms with Gasteiger partial charge in [-0.25, -0.2) is 0 Å². The van der Waals surface area contributed by atoms with Crippen molar-refractivity contribution in [2.75, 3.05) is 27.2 Å². The molecule has 1 aliphatic heterocycles. The largest absolute Gasteiger partial charge is 0.469 e. The molecule has 12 heavy (non-hydrogen) atoms. The minimum Gasteiger partial charge on any atom is -0.469 e. The van der Waals surface area contributed by atoms with Crippen LogP contribution in [0.3, 0.4) is 0 Å². The summed E-state index contributed by atoms with van der Waals surface area (Å²) in [5.74, 6) is -0.220. The second-order valence-electron chi connectivity index (χ2n) is 3.11. The van der Waals surface area contributed by atoms with Gasteiger partial charge in [0, 0.05) is 13.1 Å². The van der Waals surface area contributed by atoms with Crippen LogP contribution in [0.25, 0.3) is 0 Å². The van der Waals surface area contributed by atoms with Crippen molar-refractivity contribution < 1.29 is 9.53 Å². The number of methoxy groups -OCH3 is 1. The van der Waals surface area contributed by atoms with Crippen LogP contribution >= 0.6 is 0 Å². The molecular formula is C9H15NO2. The first-order chi connectivity index (χ1) is 5.74. The van der Waals surface area contributed by atoms with Gasteiger partial charge >= 0.3 is 5.97 Å². The number of rotatable bonds is 1. The van der Waals surface area contributed by atoms with Crippen LogP contribution in [-0.2, 0) is 9.53 Å². The summed E-state index contributed by atoms with van der Waals surface area (Å²) in [6.45, 7) is 1.78. The molecule has 3 heteroatoms. The highest BCUT2D eigenvalue weighted by Gasteiger charge is 2.19. The molecule has 1 heterocycles. The number of carbonyl (C=O) groups is 1. The van der Waals surface area contributed by atoms with Crippen LogP contribution in [0.5, 0.6) is 0 Å². The average Bonchev–Trinajstić information content (AvgIpc) is 2.28. The van der Waals surface area contributed by atoms with Gasteiger partial charge in [-0.15, -0.1) is 0 Å². The van der Waals surface area contributed by atoms with Crippen molar-refractivity contribution in [3.8, 4) is 0 Å². The van der Waals surface area contributed by atoms with Gasteiger partial charge < -0.3 is 9.64 Å². The number of carbonyl (C=O) groups excluding carboxylic acids is 1. The molecule has 0 aliphatic carbocycles. The van der Waals surface area contributed by atoms with E-state index in [-0.39, 0.29) is 11.9 Å². The maximum atomic E-state index is 11.2. The van der Waals surface area contributed by atoms with Crippen molar-refractivity contribution in [2.45, 2.75) is 6.42 Å². The number of ether oxygens (including phenoxy) is 1. The standard InChI is InChI=1S/C9H15NO2/c1-10-6-4-3-5-8(7-10)9(11)12-2/h3,5,8H,4,6-7H2,1-2H3. The van der Waals surface area contributed by atoms with Crippen molar-refractivity contribution in [3.63, 3.8) is 0 Å². The molecule has 0 radical (unpaired) electrons. The lowest BCUT2D eigenvalue weighted by Gasteiger charge is -2.16. The summed E-state index contributed by atoms with van der Waals surface area (Å²) in [4.78, 5) is 13.3. The Morgan fingerprint density at radius 2 is 2.42 bits per heavy atom. The molecule has 3 nitrogen and oxygen atoms in total. The molecule has 0 fully saturated rings. The summed E-state index contributed by atoms with van der Waals surface area (Å²) in [5.41, 5.74) is 0.